The number of hydrogen-bond donors (Lipinski definition) is 2. The number of nitrogens with zero attached hydrogens (tertiary/aromatic N) is 2. The maximum atomic E-state index is 12.3. The lowest BCUT2D eigenvalue weighted by Gasteiger charge is -2.16. The number of rotatable bonds is 6. The van der Waals surface area contributed by atoms with Crippen molar-refractivity contribution in [1.82, 2.24) is 15.6 Å². The topological polar surface area (TPSA) is 91.4 Å². The lowest BCUT2D eigenvalue weighted by molar-refractivity contribution is -0.129. The largest absolute Gasteiger partial charge is 0.349 e. The van der Waals surface area contributed by atoms with Crippen molar-refractivity contribution in [3.8, 4) is 0 Å². The molecule has 0 saturated carbocycles. The van der Waals surface area contributed by atoms with E-state index in [9.17, 15) is 14.4 Å². The van der Waals surface area contributed by atoms with Crippen molar-refractivity contribution in [2.45, 2.75) is 13.0 Å². The van der Waals surface area contributed by atoms with Gasteiger partial charge in [0.15, 0.2) is 0 Å². The molecule has 1 aliphatic heterocycles. The summed E-state index contributed by atoms with van der Waals surface area (Å²) < 4.78 is 0. The summed E-state index contributed by atoms with van der Waals surface area (Å²) in [5.74, 6) is -1.12. The second kappa shape index (κ2) is 8.24. The molecule has 0 aliphatic carbocycles. The average molecular weight is 352 g/mol. The third-order valence-corrected chi connectivity index (χ3v) is 4.18. The molecule has 7 heteroatoms. The Morgan fingerprint density at radius 3 is 2.58 bits per heavy atom. The minimum atomic E-state index is -0.453. The molecule has 1 saturated heterocycles. The maximum Gasteiger partial charge on any atom is 0.239 e. The summed E-state index contributed by atoms with van der Waals surface area (Å²) in [4.78, 5) is 42.0. The molecule has 26 heavy (non-hydrogen) atoms. The number of amides is 3. The molecule has 0 spiro atoms. The molecular weight excluding hydrogens is 332 g/mol. The van der Waals surface area contributed by atoms with Crippen LogP contribution in [0.4, 0.5) is 5.69 Å². The van der Waals surface area contributed by atoms with E-state index >= 15 is 0 Å². The van der Waals surface area contributed by atoms with Crippen molar-refractivity contribution in [2.75, 3.05) is 18.0 Å². The van der Waals surface area contributed by atoms with E-state index in [1.54, 1.807) is 23.2 Å². The minimum absolute atomic E-state index is 0.0871. The van der Waals surface area contributed by atoms with E-state index in [1.807, 2.05) is 36.4 Å². The summed E-state index contributed by atoms with van der Waals surface area (Å²) in [6, 6.07) is 14.7. The molecule has 3 rings (SSSR count). The second-order valence-electron chi connectivity index (χ2n) is 6.06. The van der Waals surface area contributed by atoms with Crippen molar-refractivity contribution >= 4 is 23.4 Å². The van der Waals surface area contributed by atoms with Gasteiger partial charge in [-0.2, -0.15) is 0 Å². The molecule has 3 amide bonds. The van der Waals surface area contributed by atoms with E-state index in [4.69, 9.17) is 0 Å². The number of pyridine rings is 1. The predicted molar refractivity (Wildman–Crippen MR) is 96.0 cm³/mol. The fourth-order valence-electron chi connectivity index (χ4n) is 2.81. The Kier molecular flexibility index (Phi) is 5.58. The molecule has 7 nitrogen and oxygen atoms in total. The van der Waals surface area contributed by atoms with Crippen LogP contribution in [-0.4, -0.2) is 35.8 Å². The van der Waals surface area contributed by atoms with Crippen LogP contribution in [0.15, 0.2) is 54.7 Å². The Labute approximate surface area is 151 Å². The molecule has 1 atom stereocenters. The Hall–Kier alpha value is -3.22. The molecule has 1 aromatic carbocycles. The highest BCUT2D eigenvalue weighted by atomic mass is 16.2. The number of nitrogens with one attached hydrogen (secondary N) is 2. The summed E-state index contributed by atoms with van der Waals surface area (Å²) in [6.07, 6.45) is 1.80. The number of anilines is 1. The van der Waals surface area contributed by atoms with E-state index in [0.29, 0.717) is 13.1 Å². The van der Waals surface area contributed by atoms with Crippen molar-refractivity contribution < 1.29 is 14.4 Å². The fraction of sp³-hybridized carbons (Fsp3) is 0.263. The third kappa shape index (κ3) is 4.44. The first-order chi connectivity index (χ1) is 12.6. The van der Waals surface area contributed by atoms with E-state index in [-0.39, 0.29) is 30.7 Å². The number of carbonyl (C=O) groups is 3. The SMILES string of the molecule is O=C(CNC(=O)[C@H]1CC(=O)N(c2ccccc2)C1)NCc1ccccn1. The molecule has 1 aliphatic rings. The Morgan fingerprint density at radius 2 is 1.85 bits per heavy atom. The summed E-state index contributed by atoms with van der Waals surface area (Å²) >= 11 is 0. The highest BCUT2D eigenvalue weighted by molar-refractivity contribution is 6.00. The van der Waals surface area contributed by atoms with Crippen LogP contribution in [0.2, 0.25) is 0 Å². The van der Waals surface area contributed by atoms with E-state index in [1.165, 1.54) is 0 Å². The van der Waals surface area contributed by atoms with Crippen LogP contribution >= 0.6 is 0 Å². The van der Waals surface area contributed by atoms with Gasteiger partial charge < -0.3 is 15.5 Å². The first-order valence-electron chi connectivity index (χ1n) is 8.43. The monoisotopic (exact) mass is 352 g/mol. The number of hydrogen-bond acceptors (Lipinski definition) is 4. The van der Waals surface area contributed by atoms with Crippen molar-refractivity contribution in [3.05, 3.63) is 60.4 Å². The van der Waals surface area contributed by atoms with Crippen LogP contribution in [0, 0.1) is 5.92 Å². The van der Waals surface area contributed by atoms with Crippen LogP contribution in [0.5, 0.6) is 0 Å². The molecule has 134 valence electrons. The van der Waals surface area contributed by atoms with Gasteiger partial charge in [0.2, 0.25) is 17.7 Å². The number of aromatic nitrogens is 1. The van der Waals surface area contributed by atoms with Gasteiger partial charge in [0.1, 0.15) is 0 Å². The zero-order valence-electron chi connectivity index (χ0n) is 14.2. The van der Waals surface area contributed by atoms with Crippen LogP contribution in [0.1, 0.15) is 12.1 Å². The van der Waals surface area contributed by atoms with Gasteiger partial charge in [0.25, 0.3) is 0 Å². The van der Waals surface area contributed by atoms with Crippen LogP contribution < -0.4 is 15.5 Å². The summed E-state index contributed by atoms with van der Waals surface area (Å²) in [6.45, 7) is 0.505. The molecule has 1 fully saturated rings. The quantitative estimate of drug-likeness (QED) is 0.807. The van der Waals surface area contributed by atoms with Crippen LogP contribution in [0.25, 0.3) is 0 Å². The first kappa shape index (κ1) is 17.6. The molecule has 2 heterocycles. The van der Waals surface area contributed by atoms with Gasteiger partial charge in [-0.15, -0.1) is 0 Å². The molecule has 1 aromatic heterocycles. The standard InChI is InChI=1S/C19H20N4O3/c24-17(21-11-15-6-4-5-9-20-15)12-22-19(26)14-10-18(25)23(13-14)16-7-2-1-3-8-16/h1-9,14H,10-13H2,(H,21,24)(H,22,26)/t14-/m0/s1. The summed E-state index contributed by atoms with van der Waals surface area (Å²) in [5, 5.41) is 5.30. The van der Waals surface area contributed by atoms with Crippen LogP contribution in [0.3, 0.4) is 0 Å². The molecule has 2 N–H and O–H groups in total. The zero-order chi connectivity index (χ0) is 18.4. The first-order valence-corrected chi connectivity index (χ1v) is 8.43. The Morgan fingerprint density at radius 1 is 1.08 bits per heavy atom. The second-order valence-corrected chi connectivity index (χ2v) is 6.06. The lowest BCUT2D eigenvalue weighted by Crippen LogP contribution is -2.40. The van der Waals surface area contributed by atoms with Crippen LogP contribution in [-0.2, 0) is 20.9 Å². The molecule has 0 unspecified atom stereocenters. The number of para-hydroxylation sites is 1. The van der Waals surface area contributed by atoms with E-state index < -0.39 is 5.92 Å². The predicted octanol–water partition coefficient (Wildman–Crippen LogP) is 0.867. The van der Waals surface area contributed by atoms with Crippen molar-refractivity contribution in [1.29, 1.82) is 0 Å². The summed E-state index contributed by atoms with van der Waals surface area (Å²) in [7, 11) is 0. The van der Waals surface area contributed by atoms with Gasteiger partial charge in [0.05, 0.1) is 24.7 Å². The highest BCUT2D eigenvalue weighted by Crippen LogP contribution is 2.24. The van der Waals surface area contributed by atoms with Gasteiger partial charge in [-0.05, 0) is 24.3 Å². The number of benzene rings is 1. The molecule has 0 bridgehead atoms. The normalized spacial score (nSPS) is 16.4. The highest BCUT2D eigenvalue weighted by Gasteiger charge is 2.35. The zero-order valence-corrected chi connectivity index (χ0v) is 14.2. The Balaban J connectivity index is 1.45. The summed E-state index contributed by atoms with van der Waals surface area (Å²) in [5.41, 5.74) is 1.52. The van der Waals surface area contributed by atoms with Gasteiger partial charge >= 0.3 is 0 Å². The molecule has 0 radical (unpaired) electrons. The van der Waals surface area contributed by atoms with Gasteiger partial charge in [0, 0.05) is 24.8 Å². The minimum Gasteiger partial charge on any atom is -0.349 e. The molecule has 2 aromatic rings. The average Bonchev–Trinajstić information content (AvgIpc) is 3.08. The van der Waals surface area contributed by atoms with Crippen molar-refractivity contribution in [3.63, 3.8) is 0 Å². The maximum absolute atomic E-state index is 12.3. The van der Waals surface area contributed by atoms with E-state index in [2.05, 4.69) is 15.6 Å². The Bertz CT molecular complexity index is 780. The van der Waals surface area contributed by atoms with Gasteiger partial charge in [-0.1, -0.05) is 24.3 Å². The molecular formula is C19H20N4O3. The van der Waals surface area contributed by atoms with Crippen molar-refractivity contribution in [2.24, 2.45) is 5.92 Å². The number of carbonyl (C=O) groups excluding carboxylic acids is 3. The van der Waals surface area contributed by atoms with E-state index in [0.717, 1.165) is 11.4 Å². The third-order valence-electron chi connectivity index (χ3n) is 4.18. The smallest absolute Gasteiger partial charge is 0.239 e. The van der Waals surface area contributed by atoms with Gasteiger partial charge in [-0.25, -0.2) is 0 Å². The van der Waals surface area contributed by atoms with Gasteiger partial charge in [-0.3, -0.25) is 19.4 Å². The fourth-order valence-corrected chi connectivity index (χ4v) is 2.81. The lowest BCUT2D eigenvalue weighted by atomic mass is 10.1.